The van der Waals surface area contributed by atoms with Crippen LogP contribution in [0.25, 0.3) is 0 Å². The third-order valence-electron chi connectivity index (χ3n) is 4.10. The van der Waals surface area contributed by atoms with Crippen molar-refractivity contribution in [2.45, 2.75) is 20.4 Å². The first kappa shape index (κ1) is 20.0. The summed E-state index contributed by atoms with van der Waals surface area (Å²) in [6.07, 6.45) is 0. The molecule has 0 aliphatic carbocycles. The van der Waals surface area contributed by atoms with Gasteiger partial charge in [0.05, 0.1) is 5.69 Å². The monoisotopic (exact) mass is 420 g/mol. The molecule has 0 aliphatic heterocycles. The van der Waals surface area contributed by atoms with E-state index in [9.17, 15) is 4.79 Å². The number of aliphatic imine (C=N–C) groups is 1. The summed E-state index contributed by atoms with van der Waals surface area (Å²) in [7, 11) is 3.66. The molecule has 1 heterocycles. The predicted molar refractivity (Wildman–Crippen MR) is 107 cm³/mol. The Kier molecular flexibility index (Phi) is 7.20. The zero-order chi connectivity index (χ0) is 19.1. The molecule has 1 amide bonds. The van der Waals surface area contributed by atoms with Gasteiger partial charge in [-0.2, -0.15) is 5.10 Å². The molecule has 3 N–H and O–H groups in total. The number of nitrogens with one attached hydrogen (secondary N) is 3. The molecule has 0 fully saturated rings. The number of aryl methyl sites for hydroxylation is 2. The highest BCUT2D eigenvalue weighted by atomic mass is 79.9. The summed E-state index contributed by atoms with van der Waals surface area (Å²) in [5, 5.41) is 13.8. The summed E-state index contributed by atoms with van der Waals surface area (Å²) in [4.78, 5) is 16.3. The number of guanidine groups is 1. The number of hydrogen-bond acceptors (Lipinski definition) is 3. The van der Waals surface area contributed by atoms with Gasteiger partial charge in [-0.3, -0.25) is 14.5 Å². The molecule has 1 aromatic heterocycles. The third kappa shape index (κ3) is 5.32. The zero-order valence-electron chi connectivity index (χ0n) is 15.6. The Morgan fingerprint density at radius 1 is 1.23 bits per heavy atom. The van der Waals surface area contributed by atoms with E-state index in [1.165, 1.54) is 5.56 Å². The van der Waals surface area contributed by atoms with Crippen LogP contribution < -0.4 is 16.0 Å². The van der Waals surface area contributed by atoms with E-state index in [-0.39, 0.29) is 5.91 Å². The lowest BCUT2D eigenvalue weighted by atomic mass is 10.2. The van der Waals surface area contributed by atoms with Crippen LogP contribution >= 0.6 is 15.9 Å². The quantitative estimate of drug-likeness (QED) is 0.378. The molecule has 2 aromatic rings. The van der Waals surface area contributed by atoms with Crippen LogP contribution in [0.1, 0.15) is 27.3 Å². The Bertz CT molecular complexity index is 799. The molecule has 0 radical (unpaired) electrons. The van der Waals surface area contributed by atoms with Gasteiger partial charge in [0, 0.05) is 55.0 Å². The fourth-order valence-corrected chi connectivity index (χ4v) is 2.95. The third-order valence-corrected chi connectivity index (χ3v) is 4.60. The summed E-state index contributed by atoms with van der Waals surface area (Å²) >= 11 is 3.37. The fourth-order valence-electron chi connectivity index (χ4n) is 2.55. The molecule has 0 saturated heterocycles. The normalized spacial score (nSPS) is 11.3. The molecule has 0 atom stereocenters. The van der Waals surface area contributed by atoms with Gasteiger partial charge in [0.15, 0.2) is 5.96 Å². The molecule has 26 heavy (non-hydrogen) atoms. The smallest absolute Gasteiger partial charge is 0.251 e. The van der Waals surface area contributed by atoms with E-state index in [4.69, 9.17) is 0 Å². The number of amides is 1. The van der Waals surface area contributed by atoms with Crippen LogP contribution in [0, 0.1) is 13.8 Å². The van der Waals surface area contributed by atoms with E-state index in [2.05, 4.69) is 42.0 Å². The second-order valence-corrected chi connectivity index (χ2v) is 6.81. The summed E-state index contributed by atoms with van der Waals surface area (Å²) in [6, 6.07) is 7.31. The first-order valence-electron chi connectivity index (χ1n) is 8.39. The topological polar surface area (TPSA) is 83.3 Å². The first-order chi connectivity index (χ1) is 12.4. The van der Waals surface area contributed by atoms with Gasteiger partial charge in [-0.05, 0) is 32.0 Å². The lowest BCUT2D eigenvalue weighted by molar-refractivity contribution is 0.0954. The number of nitrogens with zero attached hydrogens (tertiary/aromatic N) is 3. The van der Waals surface area contributed by atoms with Crippen molar-refractivity contribution in [1.29, 1.82) is 0 Å². The van der Waals surface area contributed by atoms with Crippen LogP contribution in [-0.2, 0) is 13.6 Å². The largest absolute Gasteiger partial charge is 0.355 e. The summed E-state index contributed by atoms with van der Waals surface area (Å²) < 4.78 is 2.76. The van der Waals surface area contributed by atoms with Crippen LogP contribution in [0.3, 0.4) is 0 Å². The van der Waals surface area contributed by atoms with Crippen LogP contribution in [0.5, 0.6) is 0 Å². The number of halogens is 1. The van der Waals surface area contributed by atoms with Crippen molar-refractivity contribution in [1.82, 2.24) is 25.7 Å². The molecule has 140 valence electrons. The van der Waals surface area contributed by atoms with Gasteiger partial charge in [-0.25, -0.2) is 0 Å². The number of carbonyl (C=O) groups excluding carboxylic acids is 1. The van der Waals surface area contributed by atoms with Crippen molar-refractivity contribution in [3.8, 4) is 0 Å². The SMILES string of the molecule is CN=C(NCCNC(=O)c1cccc(Br)c1)NCc1c(C)nn(C)c1C. The Labute approximate surface area is 162 Å². The zero-order valence-corrected chi connectivity index (χ0v) is 17.1. The van der Waals surface area contributed by atoms with Crippen LogP contribution in [0.15, 0.2) is 33.7 Å². The fraction of sp³-hybridized carbons (Fsp3) is 0.389. The summed E-state index contributed by atoms with van der Waals surface area (Å²) in [5.41, 5.74) is 3.93. The van der Waals surface area contributed by atoms with Crippen LogP contribution in [-0.4, -0.2) is 41.8 Å². The maximum atomic E-state index is 12.1. The molecule has 0 aliphatic rings. The molecule has 0 saturated carbocycles. The molecule has 0 spiro atoms. The highest BCUT2D eigenvalue weighted by Gasteiger charge is 2.10. The minimum absolute atomic E-state index is 0.0994. The lowest BCUT2D eigenvalue weighted by Crippen LogP contribution is -2.41. The van der Waals surface area contributed by atoms with E-state index in [1.807, 2.05) is 37.7 Å². The number of aromatic nitrogens is 2. The van der Waals surface area contributed by atoms with Gasteiger partial charge in [0.25, 0.3) is 5.91 Å². The molecule has 0 unspecified atom stereocenters. The van der Waals surface area contributed by atoms with Gasteiger partial charge in [-0.1, -0.05) is 22.0 Å². The van der Waals surface area contributed by atoms with Crippen molar-refractivity contribution in [3.05, 3.63) is 51.3 Å². The summed E-state index contributed by atoms with van der Waals surface area (Å²) in [5.74, 6) is 0.585. The molecular formula is C18H25BrN6O. The van der Waals surface area contributed by atoms with Gasteiger partial charge in [0.1, 0.15) is 0 Å². The molecule has 8 heteroatoms. The van der Waals surface area contributed by atoms with Crippen molar-refractivity contribution in [3.63, 3.8) is 0 Å². The van der Waals surface area contributed by atoms with Crippen molar-refractivity contribution in [2.24, 2.45) is 12.0 Å². The molecule has 7 nitrogen and oxygen atoms in total. The Morgan fingerprint density at radius 3 is 2.58 bits per heavy atom. The number of benzene rings is 1. The van der Waals surface area contributed by atoms with Crippen molar-refractivity contribution < 1.29 is 4.79 Å². The van der Waals surface area contributed by atoms with Crippen LogP contribution in [0.4, 0.5) is 0 Å². The summed E-state index contributed by atoms with van der Waals surface area (Å²) in [6.45, 7) is 5.76. The highest BCUT2D eigenvalue weighted by molar-refractivity contribution is 9.10. The Morgan fingerprint density at radius 2 is 1.96 bits per heavy atom. The van der Waals surface area contributed by atoms with Gasteiger partial charge in [0.2, 0.25) is 0 Å². The highest BCUT2D eigenvalue weighted by Crippen LogP contribution is 2.12. The molecule has 0 bridgehead atoms. The maximum absolute atomic E-state index is 12.1. The Balaban J connectivity index is 1.76. The molecule has 1 aromatic carbocycles. The Hall–Kier alpha value is -2.35. The second kappa shape index (κ2) is 9.38. The van der Waals surface area contributed by atoms with E-state index in [0.29, 0.717) is 31.2 Å². The lowest BCUT2D eigenvalue weighted by Gasteiger charge is -2.12. The molecule has 2 rings (SSSR count). The first-order valence-corrected chi connectivity index (χ1v) is 9.19. The average Bonchev–Trinajstić information content (AvgIpc) is 2.86. The van der Waals surface area contributed by atoms with E-state index in [0.717, 1.165) is 15.9 Å². The van der Waals surface area contributed by atoms with Gasteiger partial charge < -0.3 is 16.0 Å². The maximum Gasteiger partial charge on any atom is 0.251 e. The number of hydrogen-bond donors (Lipinski definition) is 3. The second-order valence-electron chi connectivity index (χ2n) is 5.89. The average molecular weight is 421 g/mol. The van der Waals surface area contributed by atoms with Crippen molar-refractivity contribution >= 4 is 27.8 Å². The number of carbonyl (C=O) groups is 1. The number of rotatable bonds is 6. The molecular weight excluding hydrogens is 396 g/mol. The van der Waals surface area contributed by atoms with Crippen LogP contribution in [0.2, 0.25) is 0 Å². The predicted octanol–water partition coefficient (Wildman–Crippen LogP) is 1.89. The minimum Gasteiger partial charge on any atom is -0.355 e. The minimum atomic E-state index is -0.0994. The van der Waals surface area contributed by atoms with Gasteiger partial charge >= 0.3 is 0 Å². The van der Waals surface area contributed by atoms with E-state index < -0.39 is 0 Å². The van der Waals surface area contributed by atoms with E-state index in [1.54, 1.807) is 19.2 Å². The van der Waals surface area contributed by atoms with Gasteiger partial charge in [-0.15, -0.1) is 0 Å². The van der Waals surface area contributed by atoms with E-state index >= 15 is 0 Å². The standard InChI is InChI=1S/C18H25BrN6O/c1-12-16(13(2)25(4)24-12)11-23-18(20-3)22-9-8-21-17(26)14-6-5-7-15(19)10-14/h5-7,10H,8-9,11H2,1-4H3,(H,21,26)(H2,20,22,23). The van der Waals surface area contributed by atoms with Crippen molar-refractivity contribution in [2.75, 3.05) is 20.1 Å².